The topological polar surface area (TPSA) is 41.5 Å². The summed E-state index contributed by atoms with van der Waals surface area (Å²) in [6.45, 7) is 4.62. The monoisotopic (exact) mass is 227 g/mol. The molecule has 0 fully saturated rings. The lowest BCUT2D eigenvalue weighted by Crippen LogP contribution is -2.14. The van der Waals surface area contributed by atoms with Gasteiger partial charge < -0.3 is 15.2 Å². The Balaban J connectivity index is 2.58. The van der Waals surface area contributed by atoms with Gasteiger partial charge in [0.15, 0.2) is 0 Å². The van der Waals surface area contributed by atoms with Crippen LogP contribution in [0.4, 0.5) is 0 Å². The fourth-order valence-electron chi connectivity index (χ4n) is 1.15. The normalized spacial score (nSPS) is 10.0. The molecule has 1 aromatic carbocycles. The van der Waals surface area contributed by atoms with Gasteiger partial charge in [0.2, 0.25) is 0 Å². The van der Waals surface area contributed by atoms with Gasteiger partial charge in [-0.3, -0.25) is 0 Å². The van der Waals surface area contributed by atoms with Crippen molar-refractivity contribution in [2.24, 2.45) is 0 Å². The molecule has 0 spiro atoms. The van der Waals surface area contributed by atoms with Crippen LogP contribution < -0.4 is 10.1 Å². The Labute approximate surface area is 94.3 Å². The number of hydrogen-bond acceptors (Lipinski definition) is 3. The summed E-state index contributed by atoms with van der Waals surface area (Å²) in [7, 11) is 1.56. The molecule has 0 heterocycles. The van der Waals surface area contributed by atoms with E-state index in [1.54, 1.807) is 25.3 Å². The SMILES string of the molecule is C=C(Cl)CNCc1ccc(OC)cc1O. The third-order valence-electron chi connectivity index (χ3n) is 1.92. The molecule has 0 aliphatic heterocycles. The average molecular weight is 228 g/mol. The molecular weight excluding hydrogens is 214 g/mol. The van der Waals surface area contributed by atoms with Crippen LogP contribution in [0.1, 0.15) is 5.56 Å². The van der Waals surface area contributed by atoms with Crippen molar-refractivity contribution in [1.82, 2.24) is 5.32 Å². The van der Waals surface area contributed by atoms with E-state index in [0.717, 1.165) is 5.56 Å². The second kappa shape index (κ2) is 5.63. The van der Waals surface area contributed by atoms with Crippen molar-refractivity contribution in [3.05, 3.63) is 35.4 Å². The number of methoxy groups -OCH3 is 1. The zero-order valence-corrected chi connectivity index (χ0v) is 9.34. The molecule has 1 aromatic rings. The molecule has 0 aliphatic carbocycles. The van der Waals surface area contributed by atoms with Crippen molar-refractivity contribution < 1.29 is 9.84 Å². The van der Waals surface area contributed by atoms with Gasteiger partial charge in [-0.25, -0.2) is 0 Å². The van der Waals surface area contributed by atoms with Gasteiger partial charge in [-0.05, 0) is 6.07 Å². The Kier molecular flexibility index (Phi) is 4.46. The smallest absolute Gasteiger partial charge is 0.123 e. The molecule has 15 heavy (non-hydrogen) atoms. The van der Waals surface area contributed by atoms with Gasteiger partial charge in [0.25, 0.3) is 0 Å². The van der Waals surface area contributed by atoms with Crippen molar-refractivity contribution in [1.29, 1.82) is 0 Å². The Morgan fingerprint density at radius 1 is 1.60 bits per heavy atom. The Morgan fingerprint density at radius 2 is 2.33 bits per heavy atom. The highest BCUT2D eigenvalue weighted by molar-refractivity contribution is 6.29. The number of nitrogens with one attached hydrogen (secondary N) is 1. The van der Waals surface area contributed by atoms with Crippen molar-refractivity contribution >= 4 is 11.6 Å². The van der Waals surface area contributed by atoms with E-state index in [2.05, 4.69) is 11.9 Å². The zero-order chi connectivity index (χ0) is 11.3. The molecule has 0 unspecified atom stereocenters. The van der Waals surface area contributed by atoms with Crippen molar-refractivity contribution in [2.75, 3.05) is 13.7 Å². The third kappa shape index (κ3) is 3.81. The van der Waals surface area contributed by atoms with E-state index in [-0.39, 0.29) is 5.75 Å². The minimum absolute atomic E-state index is 0.210. The number of aromatic hydroxyl groups is 1. The zero-order valence-electron chi connectivity index (χ0n) is 8.59. The van der Waals surface area contributed by atoms with Gasteiger partial charge >= 0.3 is 0 Å². The Bertz CT molecular complexity index is 352. The second-order valence-electron chi connectivity index (χ2n) is 3.12. The van der Waals surface area contributed by atoms with E-state index in [0.29, 0.717) is 23.9 Å². The number of hydrogen-bond donors (Lipinski definition) is 2. The molecule has 0 atom stereocenters. The van der Waals surface area contributed by atoms with Crippen LogP contribution in [0.3, 0.4) is 0 Å². The van der Waals surface area contributed by atoms with Gasteiger partial charge in [0.05, 0.1) is 7.11 Å². The van der Waals surface area contributed by atoms with Crippen LogP contribution in [0.15, 0.2) is 29.8 Å². The van der Waals surface area contributed by atoms with E-state index in [1.807, 2.05) is 0 Å². The van der Waals surface area contributed by atoms with Crippen molar-refractivity contribution in [3.63, 3.8) is 0 Å². The predicted octanol–water partition coefficient (Wildman–Crippen LogP) is 2.24. The lowest BCUT2D eigenvalue weighted by Gasteiger charge is -2.07. The number of benzene rings is 1. The minimum Gasteiger partial charge on any atom is -0.507 e. The second-order valence-corrected chi connectivity index (χ2v) is 3.65. The van der Waals surface area contributed by atoms with Crippen molar-refractivity contribution in [2.45, 2.75) is 6.54 Å². The Hall–Kier alpha value is -1.19. The van der Waals surface area contributed by atoms with Gasteiger partial charge in [-0.15, -0.1) is 0 Å². The number of phenols is 1. The number of phenolic OH excluding ortho intramolecular Hbond substituents is 1. The standard InChI is InChI=1S/C11H14ClNO2/c1-8(12)6-13-7-9-3-4-10(15-2)5-11(9)14/h3-5,13-14H,1,6-7H2,2H3. The van der Waals surface area contributed by atoms with E-state index in [9.17, 15) is 5.11 Å². The molecule has 0 aromatic heterocycles. The van der Waals surface area contributed by atoms with Crippen LogP contribution in [0.2, 0.25) is 0 Å². The lowest BCUT2D eigenvalue weighted by molar-refractivity contribution is 0.406. The summed E-state index contributed by atoms with van der Waals surface area (Å²) >= 11 is 5.59. The molecule has 0 aliphatic rings. The Morgan fingerprint density at radius 3 is 2.87 bits per heavy atom. The molecule has 82 valence electrons. The van der Waals surface area contributed by atoms with Gasteiger partial charge in [-0.2, -0.15) is 0 Å². The number of ether oxygens (including phenoxy) is 1. The number of halogens is 1. The summed E-state index contributed by atoms with van der Waals surface area (Å²) < 4.78 is 4.98. The summed E-state index contributed by atoms with van der Waals surface area (Å²) in [6, 6.07) is 5.18. The van der Waals surface area contributed by atoms with E-state index in [4.69, 9.17) is 16.3 Å². The molecule has 4 heteroatoms. The quantitative estimate of drug-likeness (QED) is 0.811. The average Bonchev–Trinajstić information content (AvgIpc) is 2.20. The van der Waals surface area contributed by atoms with E-state index < -0.39 is 0 Å². The fraction of sp³-hybridized carbons (Fsp3) is 0.273. The van der Waals surface area contributed by atoms with Gasteiger partial charge in [0.1, 0.15) is 11.5 Å². The first-order chi connectivity index (χ1) is 7.13. The van der Waals surface area contributed by atoms with Gasteiger partial charge in [-0.1, -0.05) is 24.2 Å². The summed E-state index contributed by atoms with van der Waals surface area (Å²) in [4.78, 5) is 0. The summed E-state index contributed by atoms with van der Waals surface area (Å²) in [6.07, 6.45) is 0. The highest BCUT2D eigenvalue weighted by Gasteiger charge is 2.02. The van der Waals surface area contributed by atoms with Crippen LogP contribution in [-0.4, -0.2) is 18.8 Å². The first-order valence-electron chi connectivity index (χ1n) is 4.53. The van der Waals surface area contributed by atoms with Crippen LogP contribution in [0.5, 0.6) is 11.5 Å². The van der Waals surface area contributed by atoms with Gasteiger partial charge in [0, 0.05) is 29.8 Å². The first-order valence-corrected chi connectivity index (χ1v) is 4.91. The third-order valence-corrected chi connectivity index (χ3v) is 2.06. The molecule has 0 radical (unpaired) electrons. The summed E-state index contributed by atoms with van der Waals surface area (Å²) in [5.41, 5.74) is 0.800. The molecule has 0 bridgehead atoms. The largest absolute Gasteiger partial charge is 0.507 e. The fourth-order valence-corrected chi connectivity index (χ4v) is 1.25. The maximum Gasteiger partial charge on any atom is 0.123 e. The molecular formula is C11H14ClNO2. The van der Waals surface area contributed by atoms with Crippen molar-refractivity contribution in [3.8, 4) is 11.5 Å². The predicted molar refractivity (Wildman–Crippen MR) is 61.4 cm³/mol. The van der Waals surface area contributed by atoms with Crippen LogP contribution >= 0.6 is 11.6 Å². The highest BCUT2D eigenvalue weighted by Crippen LogP contribution is 2.23. The number of rotatable bonds is 5. The van der Waals surface area contributed by atoms with Crippen LogP contribution in [0, 0.1) is 0 Å². The molecule has 2 N–H and O–H groups in total. The molecule has 0 saturated carbocycles. The molecule has 1 rings (SSSR count). The first kappa shape index (κ1) is 11.9. The minimum atomic E-state index is 0.210. The maximum absolute atomic E-state index is 9.61. The van der Waals surface area contributed by atoms with E-state index >= 15 is 0 Å². The molecule has 3 nitrogen and oxygen atoms in total. The van der Waals surface area contributed by atoms with Crippen LogP contribution in [0.25, 0.3) is 0 Å². The summed E-state index contributed by atoms with van der Waals surface area (Å²) in [5, 5.41) is 13.2. The lowest BCUT2D eigenvalue weighted by atomic mass is 10.2. The highest BCUT2D eigenvalue weighted by atomic mass is 35.5. The molecule has 0 amide bonds. The van der Waals surface area contributed by atoms with Crippen LogP contribution in [-0.2, 0) is 6.54 Å². The molecule has 0 saturated heterocycles. The maximum atomic E-state index is 9.61. The van der Waals surface area contributed by atoms with E-state index in [1.165, 1.54) is 0 Å². The summed E-state index contributed by atoms with van der Waals surface area (Å²) in [5.74, 6) is 0.847.